The second-order valence-electron chi connectivity index (χ2n) is 3.72. The van der Waals surface area contributed by atoms with Crippen LogP contribution in [0.15, 0.2) is 43.6 Å². The monoisotopic (exact) mass is 233 g/mol. The summed E-state index contributed by atoms with van der Waals surface area (Å²) in [6.07, 6.45) is 4.95. The van der Waals surface area contributed by atoms with Gasteiger partial charge >= 0.3 is 5.97 Å². The molecule has 1 rings (SSSR count). The molecule has 0 saturated heterocycles. The van der Waals surface area contributed by atoms with Crippen LogP contribution in [0.2, 0.25) is 0 Å². The minimum absolute atomic E-state index is 0.140. The Balaban J connectivity index is 3.31. The van der Waals surface area contributed by atoms with E-state index in [2.05, 4.69) is 18.1 Å². The van der Waals surface area contributed by atoms with E-state index in [1.165, 1.54) is 6.20 Å². The lowest BCUT2D eigenvalue weighted by molar-refractivity contribution is 0.0389. The molecule has 90 valence electrons. The average Bonchev–Trinajstić information content (AvgIpc) is 2.29. The van der Waals surface area contributed by atoms with Crippen LogP contribution < -0.4 is 0 Å². The minimum Gasteiger partial charge on any atom is -0.477 e. The number of rotatable bonds is 6. The third-order valence-electron chi connectivity index (χ3n) is 2.48. The molecule has 4 heteroatoms. The van der Waals surface area contributed by atoms with E-state index in [0.717, 1.165) is 0 Å². The van der Waals surface area contributed by atoms with Crippen molar-refractivity contribution >= 4 is 5.97 Å². The van der Waals surface area contributed by atoms with Crippen LogP contribution in [0, 0.1) is 0 Å². The van der Waals surface area contributed by atoms with E-state index in [1.807, 2.05) is 0 Å². The van der Waals surface area contributed by atoms with E-state index >= 15 is 0 Å². The first-order valence-electron chi connectivity index (χ1n) is 5.18. The Bertz CT molecular complexity index is 430. The van der Waals surface area contributed by atoms with Gasteiger partial charge in [-0.3, -0.25) is 0 Å². The summed E-state index contributed by atoms with van der Waals surface area (Å²) >= 11 is 0. The maximum Gasteiger partial charge on any atom is 0.354 e. The molecule has 0 aliphatic rings. The summed E-state index contributed by atoms with van der Waals surface area (Å²) in [5.41, 5.74) is -1.17. The Hall–Kier alpha value is -1.94. The number of carboxylic acids is 1. The largest absolute Gasteiger partial charge is 0.477 e. The van der Waals surface area contributed by atoms with Gasteiger partial charge in [0, 0.05) is 11.8 Å². The Morgan fingerprint density at radius 3 is 2.47 bits per heavy atom. The molecule has 0 aliphatic carbocycles. The quantitative estimate of drug-likeness (QED) is 0.738. The van der Waals surface area contributed by atoms with Crippen LogP contribution in [0.25, 0.3) is 0 Å². The molecule has 0 spiro atoms. The number of hydrogen-bond acceptors (Lipinski definition) is 3. The van der Waals surface area contributed by atoms with Crippen molar-refractivity contribution in [2.45, 2.75) is 18.4 Å². The molecule has 0 unspecified atom stereocenters. The van der Waals surface area contributed by atoms with Crippen LogP contribution in [0.5, 0.6) is 0 Å². The Morgan fingerprint density at radius 2 is 2.00 bits per heavy atom. The van der Waals surface area contributed by atoms with Gasteiger partial charge in [-0.2, -0.15) is 0 Å². The summed E-state index contributed by atoms with van der Waals surface area (Å²) in [5, 5.41) is 19.5. The molecule has 0 fully saturated rings. The normalized spacial score (nSPS) is 10.9. The highest BCUT2D eigenvalue weighted by Crippen LogP contribution is 2.31. The van der Waals surface area contributed by atoms with Crippen LogP contribution in [-0.4, -0.2) is 21.2 Å². The van der Waals surface area contributed by atoms with Crippen molar-refractivity contribution < 1.29 is 15.0 Å². The molecule has 1 heterocycles. The van der Waals surface area contributed by atoms with Crippen LogP contribution >= 0.6 is 0 Å². The van der Waals surface area contributed by atoms with Crippen LogP contribution in [0.4, 0.5) is 0 Å². The van der Waals surface area contributed by atoms with Gasteiger partial charge in [-0.25, -0.2) is 9.78 Å². The van der Waals surface area contributed by atoms with Crippen LogP contribution in [0.1, 0.15) is 28.9 Å². The summed E-state index contributed by atoms with van der Waals surface area (Å²) in [6.45, 7) is 7.13. The highest BCUT2D eigenvalue weighted by molar-refractivity contribution is 5.87. The number of aromatic carboxylic acids is 1. The minimum atomic E-state index is -1.31. The molecule has 1 aromatic rings. The third-order valence-corrected chi connectivity index (χ3v) is 2.48. The molecule has 0 atom stereocenters. The Labute approximate surface area is 99.9 Å². The fourth-order valence-corrected chi connectivity index (χ4v) is 1.73. The van der Waals surface area contributed by atoms with Gasteiger partial charge in [0.2, 0.25) is 0 Å². The molecule has 4 nitrogen and oxygen atoms in total. The van der Waals surface area contributed by atoms with E-state index in [0.29, 0.717) is 0 Å². The summed E-state index contributed by atoms with van der Waals surface area (Å²) in [5.74, 6) is -1.16. The van der Waals surface area contributed by atoms with Gasteiger partial charge in [0.05, 0.1) is 5.60 Å². The van der Waals surface area contributed by atoms with Gasteiger partial charge in [-0.15, -0.1) is 13.2 Å². The van der Waals surface area contributed by atoms with Gasteiger partial charge < -0.3 is 10.2 Å². The number of carbonyl (C=O) groups is 1. The third kappa shape index (κ3) is 2.79. The fourth-order valence-electron chi connectivity index (χ4n) is 1.73. The van der Waals surface area contributed by atoms with Crippen molar-refractivity contribution in [2.24, 2.45) is 0 Å². The van der Waals surface area contributed by atoms with Crippen molar-refractivity contribution in [3.8, 4) is 0 Å². The molecule has 0 radical (unpaired) electrons. The van der Waals surface area contributed by atoms with Crippen molar-refractivity contribution in [2.75, 3.05) is 0 Å². The van der Waals surface area contributed by atoms with Crippen molar-refractivity contribution in [3.05, 3.63) is 54.9 Å². The summed E-state index contributed by atoms with van der Waals surface area (Å²) in [4.78, 5) is 14.8. The first-order chi connectivity index (χ1) is 8.05. The average molecular weight is 233 g/mol. The maximum atomic E-state index is 11.1. The van der Waals surface area contributed by atoms with E-state index < -0.39 is 11.6 Å². The predicted molar refractivity (Wildman–Crippen MR) is 64.7 cm³/mol. The lowest BCUT2D eigenvalue weighted by Crippen LogP contribution is -2.27. The first-order valence-corrected chi connectivity index (χ1v) is 5.18. The lowest BCUT2D eigenvalue weighted by atomic mass is 9.86. The molecular weight excluding hydrogens is 218 g/mol. The van der Waals surface area contributed by atoms with Crippen molar-refractivity contribution in [1.29, 1.82) is 0 Å². The molecule has 0 aromatic carbocycles. The van der Waals surface area contributed by atoms with E-state index in [-0.39, 0.29) is 24.1 Å². The van der Waals surface area contributed by atoms with Gasteiger partial charge in [0.15, 0.2) is 5.69 Å². The molecule has 17 heavy (non-hydrogen) atoms. The fraction of sp³-hybridized carbons (Fsp3) is 0.231. The second kappa shape index (κ2) is 5.41. The van der Waals surface area contributed by atoms with Crippen LogP contribution in [0.3, 0.4) is 0 Å². The van der Waals surface area contributed by atoms with Crippen LogP contribution in [-0.2, 0) is 5.60 Å². The zero-order valence-corrected chi connectivity index (χ0v) is 9.47. The van der Waals surface area contributed by atoms with Gasteiger partial charge in [0.25, 0.3) is 0 Å². The van der Waals surface area contributed by atoms with Gasteiger partial charge in [0.1, 0.15) is 0 Å². The SMILES string of the molecule is C=CCC(O)(CC=C)c1cccnc1C(=O)O. The molecular formula is C13H15NO3. The molecule has 0 aliphatic heterocycles. The molecule has 1 aromatic heterocycles. The summed E-state index contributed by atoms with van der Waals surface area (Å²) < 4.78 is 0. The Kier molecular flexibility index (Phi) is 4.17. The highest BCUT2D eigenvalue weighted by atomic mass is 16.4. The topological polar surface area (TPSA) is 70.4 Å². The van der Waals surface area contributed by atoms with Gasteiger partial charge in [-0.05, 0) is 18.9 Å². The lowest BCUT2D eigenvalue weighted by Gasteiger charge is -2.27. The van der Waals surface area contributed by atoms with E-state index in [4.69, 9.17) is 5.11 Å². The number of hydrogen-bond donors (Lipinski definition) is 2. The van der Waals surface area contributed by atoms with Crippen molar-refractivity contribution in [3.63, 3.8) is 0 Å². The smallest absolute Gasteiger partial charge is 0.354 e. The highest BCUT2D eigenvalue weighted by Gasteiger charge is 2.31. The standard InChI is InChI=1S/C13H15NO3/c1-3-7-13(17,8-4-2)10-6-5-9-14-11(10)12(15)16/h3-6,9,17H,1-2,7-8H2,(H,15,16). The number of nitrogens with zero attached hydrogens (tertiary/aromatic N) is 1. The van der Waals surface area contributed by atoms with E-state index in [1.54, 1.807) is 24.3 Å². The number of carboxylic acid groups (broad SMARTS) is 1. The number of aliphatic hydroxyl groups is 1. The number of aromatic nitrogens is 1. The second-order valence-corrected chi connectivity index (χ2v) is 3.72. The molecule has 0 amide bonds. The molecule has 0 bridgehead atoms. The first kappa shape index (κ1) is 13.1. The summed E-state index contributed by atoms with van der Waals surface area (Å²) in [6, 6.07) is 3.16. The summed E-state index contributed by atoms with van der Waals surface area (Å²) in [7, 11) is 0. The van der Waals surface area contributed by atoms with Crippen molar-refractivity contribution in [1.82, 2.24) is 4.98 Å². The number of pyridine rings is 1. The predicted octanol–water partition coefficient (Wildman–Crippen LogP) is 2.12. The maximum absolute atomic E-state index is 11.1. The zero-order valence-electron chi connectivity index (χ0n) is 9.47. The Morgan fingerprint density at radius 1 is 1.41 bits per heavy atom. The van der Waals surface area contributed by atoms with E-state index in [9.17, 15) is 9.90 Å². The molecule has 2 N–H and O–H groups in total. The molecule has 0 saturated carbocycles. The zero-order chi connectivity index (χ0) is 12.9. The van der Waals surface area contributed by atoms with Gasteiger partial charge in [-0.1, -0.05) is 18.2 Å².